The molecule has 34 heavy (non-hydrogen) atoms. The fraction of sp³-hybridized carbons (Fsp3) is 0.0357. The van der Waals surface area contributed by atoms with Crippen molar-refractivity contribution >= 4 is 11.0 Å². The normalized spacial score (nSPS) is 10.9. The van der Waals surface area contributed by atoms with Crippen LogP contribution in [0.15, 0.2) is 104 Å². The van der Waals surface area contributed by atoms with E-state index in [9.17, 15) is 0 Å². The summed E-state index contributed by atoms with van der Waals surface area (Å²) in [4.78, 5) is 9.06. The van der Waals surface area contributed by atoms with Crippen LogP contribution < -0.4 is 0 Å². The second kappa shape index (κ2) is 9.18. The van der Waals surface area contributed by atoms with E-state index in [1.54, 1.807) is 6.33 Å². The van der Waals surface area contributed by atoms with Gasteiger partial charge >= 0.3 is 0 Å². The summed E-state index contributed by atoms with van der Waals surface area (Å²) in [5.41, 5.74) is 8.21. The smallest absolute Gasteiger partial charge is 0.127 e. The number of hydrogen-bond donors (Lipinski definition) is 0. The Morgan fingerprint density at radius 3 is 2.06 bits per heavy atom. The molecule has 0 bridgehead atoms. The Morgan fingerprint density at radius 2 is 1.41 bits per heavy atom. The molecular formula is C28H20IrN5-. The number of hydrogen-bond acceptors (Lipinski definition) is 3. The molecule has 5 nitrogen and oxygen atoms in total. The predicted octanol–water partition coefficient (Wildman–Crippen LogP) is 5.95. The van der Waals surface area contributed by atoms with Gasteiger partial charge in [0.2, 0.25) is 0 Å². The second-order valence-corrected chi connectivity index (χ2v) is 7.90. The van der Waals surface area contributed by atoms with Gasteiger partial charge in [-0.05, 0) is 16.6 Å². The maximum absolute atomic E-state index is 4.69. The van der Waals surface area contributed by atoms with Crippen LogP contribution in [-0.4, -0.2) is 24.3 Å². The molecule has 0 aliphatic carbocycles. The van der Waals surface area contributed by atoms with Crippen LogP contribution in [-0.2, 0) is 27.2 Å². The topological polar surface area (TPSA) is 48.5 Å². The first-order chi connectivity index (χ1) is 16.3. The summed E-state index contributed by atoms with van der Waals surface area (Å²) >= 11 is 0. The van der Waals surface area contributed by atoms with Crippen LogP contribution in [0, 0.1) is 6.07 Å². The standard InChI is InChI=1S/C28H20N5.Ir/c1-32-19-30-25-16-15-22(17-26(25)32)28-29-18-31-33(28)27-23(20-9-4-2-5-10-20)13-8-14-24(27)21-11-6-3-7-12-21;/h2-14,16-19H,1H3;/q-1;. The number of aromatic nitrogens is 5. The predicted molar refractivity (Wildman–Crippen MR) is 131 cm³/mol. The maximum Gasteiger partial charge on any atom is 0.127 e. The van der Waals surface area contributed by atoms with Crippen molar-refractivity contribution in [1.82, 2.24) is 24.3 Å². The van der Waals surface area contributed by atoms with E-state index in [-0.39, 0.29) is 20.1 Å². The quantitative estimate of drug-likeness (QED) is 0.230. The molecule has 6 rings (SSSR count). The number of nitrogens with zero attached hydrogens (tertiary/aromatic N) is 5. The number of benzene rings is 4. The van der Waals surface area contributed by atoms with E-state index in [4.69, 9.17) is 0 Å². The molecule has 6 aromatic rings. The van der Waals surface area contributed by atoms with Gasteiger partial charge in [-0.25, -0.2) is 0 Å². The summed E-state index contributed by atoms with van der Waals surface area (Å²) in [7, 11) is 1.99. The monoisotopic (exact) mass is 619 g/mol. The summed E-state index contributed by atoms with van der Waals surface area (Å²) in [6.07, 6.45) is 3.42. The molecule has 4 aromatic carbocycles. The largest absolute Gasteiger partial charge is 0.352 e. The number of aryl methyl sites for hydroxylation is 1. The van der Waals surface area contributed by atoms with Crippen molar-refractivity contribution in [2.45, 2.75) is 0 Å². The molecule has 2 aromatic heterocycles. The number of imidazole rings is 1. The fourth-order valence-electron chi connectivity index (χ4n) is 4.26. The molecule has 2 heterocycles. The minimum absolute atomic E-state index is 0. The molecule has 0 N–H and O–H groups in total. The first kappa shape index (κ1) is 22.0. The minimum atomic E-state index is 0. The summed E-state index contributed by atoms with van der Waals surface area (Å²) in [5.74, 6) is 0.735. The van der Waals surface area contributed by atoms with E-state index >= 15 is 0 Å². The van der Waals surface area contributed by atoms with Gasteiger partial charge in [0.05, 0.1) is 17.8 Å². The summed E-state index contributed by atoms with van der Waals surface area (Å²) in [5, 5.41) is 4.69. The Morgan fingerprint density at radius 1 is 0.765 bits per heavy atom. The molecule has 0 atom stereocenters. The van der Waals surface area contributed by atoms with Gasteiger partial charge in [0.15, 0.2) is 0 Å². The summed E-state index contributed by atoms with van der Waals surface area (Å²) in [6.45, 7) is 0. The molecule has 0 fully saturated rings. The molecular weight excluding hydrogens is 599 g/mol. The van der Waals surface area contributed by atoms with Crippen molar-refractivity contribution in [3.63, 3.8) is 0 Å². The molecule has 0 spiro atoms. The van der Waals surface area contributed by atoms with E-state index in [0.29, 0.717) is 0 Å². The molecule has 6 heteroatoms. The van der Waals surface area contributed by atoms with Crippen molar-refractivity contribution in [1.29, 1.82) is 0 Å². The Kier molecular flexibility index (Phi) is 5.93. The maximum atomic E-state index is 4.69. The summed E-state index contributed by atoms with van der Waals surface area (Å²) in [6, 6.07) is 34.5. The van der Waals surface area contributed by atoms with Crippen molar-refractivity contribution in [2.75, 3.05) is 0 Å². The average molecular weight is 619 g/mol. The van der Waals surface area contributed by atoms with Crippen molar-refractivity contribution < 1.29 is 20.1 Å². The molecule has 0 amide bonds. The first-order valence-electron chi connectivity index (χ1n) is 10.8. The Bertz CT molecular complexity index is 1510. The van der Waals surface area contributed by atoms with Crippen LogP contribution in [0.5, 0.6) is 0 Å². The third-order valence-corrected chi connectivity index (χ3v) is 5.86. The Labute approximate surface area is 211 Å². The van der Waals surface area contributed by atoms with E-state index in [0.717, 1.165) is 50.4 Å². The molecule has 167 valence electrons. The van der Waals surface area contributed by atoms with Crippen LogP contribution in [0.25, 0.3) is 50.4 Å². The Balaban J connectivity index is 0.00000241. The second-order valence-electron chi connectivity index (χ2n) is 7.90. The zero-order valence-electron chi connectivity index (χ0n) is 18.4. The molecule has 0 saturated carbocycles. The van der Waals surface area contributed by atoms with Crippen molar-refractivity contribution in [3.05, 3.63) is 110 Å². The van der Waals surface area contributed by atoms with Crippen molar-refractivity contribution in [3.8, 4) is 39.3 Å². The number of fused-ring (bicyclic) bond motifs is 1. The molecule has 0 saturated heterocycles. The van der Waals surface area contributed by atoms with Gasteiger partial charge in [0.1, 0.15) is 6.33 Å². The SMILES string of the molecule is Cn1cnc2c[c-]c(-c3ncnn3-c3c(-c4ccccc4)cccc3-c3ccccc3)cc21.[Ir]. The first-order valence-corrected chi connectivity index (χ1v) is 10.8. The zero-order chi connectivity index (χ0) is 22.2. The van der Waals surface area contributed by atoms with Gasteiger partial charge in [0.25, 0.3) is 0 Å². The van der Waals surface area contributed by atoms with Crippen LogP contribution in [0.4, 0.5) is 0 Å². The van der Waals surface area contributed by atoms with Gasteiger partial charge in [-0.2, -0.15) is 5.10 Å². The average Bonchev–Trinajstić information content (AvgIpc) is 3.51. The number of rotatable bonds is 4. The molecule has 0 aliphatic heterocycles. The van der Waals surface area contributed by atoms with Gasteiger partial charge < -0.3 is 4.57 Å². The van der Waals surface area contributed by atoms with Crippen LogP contribution in [0.2, 0.25) is 0 Å². The van der Waals surface area contributed by atoms with E-state index in [1.165, 1.54) is 0 Å². The van der Waals surface area contributed by atoms with Crippen LogP contribution in [0.1, 0.15) is 0 Å². The van der Waals surface area contributed by atoms with E-state index in [2.05, 4.69) is 93.9 Å². The third kappa shape index (κ3) is 3.77. The van der Waals surface area contributed by atoms with Gasteiger partial charge in [-0.15, -0.1) is 23.8 Å². The molecule has 1 radical (unpaired) electrons. The fourth-order valence-corrected chi connectivity index (χ4v) is 4.26. The van der Waals surface area contributed by atoms with Gasteiger partial charge in [0, 0.05) is 43.8 Å². The zero-order valence-corrected chi connectivity index (χ0v) is 20.8. The van der Waals surface area contributed by atoms with E-state index in [1.807, 2.05) is 40.8 Å². The van der Waals surface area contributed by atoms with E-state index < -0.39 is 0 Å². The summed E-state index contributed by atoms with van der Waals surface area (Å²) < 4.78 is 3.93. The van der Waals surface area contributed by atoms with Gasteiger partial charge in [-0.3, -0.25) is 14.6 Å². The van der Waals surface area contributed by atoms with Gasteiger partial charge in [-0.1, -0.05) is 78.9 Å². The van der Waals surface area contributed by atoms with Crippen molar-refractivity contribution in [2.24, 2.45) is 7.05 Å². The molecule has 0 aliphatic rings. The minimum Gasteiger partial charge on any atom is -0.352 e. The molecule has 0 unspecified atom stereocenters. The van der Waals surface area contributed by atoms with Crippen LogP contribution in [0.3, 0.4) is 0 Å². The third-order valence-electron chi connectivity index (χ3n) is 5.86. The Hall–Kier alpha value is -3.86. The van der Waals surface area contributed by atoms with Crippen LogP contribution >= 0.6 is 0 Å². The number of para-hydroxylation sites is 1.